The third-order valence-corrected chi connectivity index (χ3v) is 2.49. The number of benzene rings is 1. The molecule has 18 heavy (non-hydrogen) atoms. The summed E-state index contributed by atoms with van der Waals surface area (Å²) in [5.41, 5.74) is 7.16. The van der Waals surface area contributed by atoms with Crippen molar-refractivity contribution in [2.45, 2.75) is 19.8 Å². The Morgan fingerprint density at radius 3 is 2.67 bits per heavy atom. The van der Waals surface area contributed by atoms with E-state index in [9.17, 15) is 9.59 Å². The standard InChI is InChI=1S/C13H17NO4/c1-3-18-13(16)12-9(5-4-6-10(12)14)7-8-11(15)17-2/h4-6H,3,7-8,14H2,1-2H3. The van der Waals surface area contributed by atoms with Gasteiger partial charge in [0.1, 0.15) is 0 Å². The Morgan fingerprint density at radius 1 is 1.33 bits per heavy atom. The third-order valence-electron chi connectivity index (χ3n) is 2.49. The van der Waals surface area contributed by atoms with Crippen molar-refractivity contribution in [2.75, 3.05) is 19.5 Å². The maximum Gasteiger partial charge on any atom is 0.340 e. The van der Waals surface area contributed by atoms with Crippen LogP contribution in [0.1, 0.15) is 29.3 Å². The fourth-order valence-electron chi connectivity index (χ4n) is 1.62. The van der Waals surface area contributed by atoms with E-state index in [0.717, 1.165) is 0 Å². The van der Waals surface area contributed by atoms with Crippen LogP contribution in [0.5, 0.6) is 0 Å². The van der Waals surface area contributed by atoms with Gasteiger partial charge in [-0.2, -0.15) is 0 Å². The highest BCUT2D eigenvalue weighted by Gasteiger charge is 2.16. The minimum atomic E-state index is -0.463. The Bertz CT molecular complexity index is 443. The minimum Gasteiger partial charge on any atom is -0.469 e. The van der Waals surface area contributed by atoms with Gasteiger partial charge in [0.2, 0.25) is 0 Å². The predicted octanol–water partition coefficient (Wildman–Crippen LogP) is 1.55. The van der Waals surface area contributed by atoms with Gasteiger partial charge in [0.15, 0.2) is 0 Å². The second-order valence-corrected chi connectivity index (χ2v) is 3.68. The van der Waals surface area contributed by atoms with Crippen LogP contribution in [0.25, 0.3) is 0 Å². The van der Waals surface area contributed by atoms with E-state index in [4.69, 9.17) is 10.5 Å². The Balaban J connectivity index is 2.93. The molecule has 1 aromatic carbocycles. The monoisotopic (exact) mass is 251 g/mol. The van der Waals surface area contributed by atoms with Gasteiger partial charge < -0.3 is 15.2 Å². The van der Waals surface area contributed by atoms with E-state index in [-0.39, 0.29) is 19.0 Å². The van der Waals surface area contributed by atoms with Gasteiger partial charge in [-0.15, -0.1) is 0 Å². The highest BCUT2D eigenvalue weighted by molar-refractivity contribution is 5.96. The molecule has 0 spiro atoms. The highest BCUT2D eigenvalue weighted by Crippen LogP contribution is 2.20. The summed E-state index contributed by atoms with van der Waals surface area (Å²) < 4.78 is 9.51. The molecule has 0 aliphatic rings. The SMILES string of the molecule is CCOC(=O)c1c(N)cccc1CCC(=O)OC. The Labute approximate surface area is 106 Å². The van der Waals surface area contributed by atoms with E-state index in [0.29, 0.717) is 23.2 Å². The first kappa shape index (κ1) is 14.0. The van der Waals surface area contributed by atoms with Crippen molar-refractivity contribution in [1.82, 2.24) is 0 Å². The number of hydrogen-bond donors (Lipinski definition) is 1. The van der Waals surface area contributed by atoms with Crippen LogP contribution < -0.4 is 5.73 Å². The summed E-state index contributed by atoms with van der Waals surface area (Å²) in [4.78, 5) is 22.9. The molecule has 0 aliphatic heterocycles. The van der Waals surface area contributed by atoms with E-state index >= 15 is 0 Å². The number of aryl methyl sites for hydroxylation is 1. The van der Waals surface area contributed by atoms with E-state index < -0.39 is 5.97 Å². The Hall–Kier alpha value is -2.04. The number of esters is 2. The fourth-order valence-corrected chi connectivity index (χ4v) is 1.62. The van der Waals surface area contributed by atoms with E-state index in [2.05, 4.69) is 4.74 Å². The Kier molecular flexibility index (Phi) is 5.17. The highest BCUT2D eigenvalue weighted by atomic mass is 16.5. The van der Waals surface area contributed by atoms with Gasteiger partial charge in [-0.25, -0.2) is 4.79 Å². The van der Waals surface area contributed by atoms with Crippen molar-refractivity contribution in [3.8, 4) is 0 Å². The van der Waals surface area contributed by atoms with E-state index in [1.165, 1.54) is 7.11 Å². The van der Waals surface area contributed by atoms with Crippen molar-refractivity contribution in [3.05, 3.63) is 29.3 Å². The van der Waals surface area contributed by atoms with Gasteiger partial charge >= 0.3 is 11.9 Å². The summed E-state index contributed by atoms with van der Waals surface area (Å²) in [6, 6.07) is 5.13. The number of rotatable bonds is 5. The number of hydrogen-bond acceptors (Lipinski definition) is 5. The van der Waals surface area contributed by atoms with E-state index in [1.54, 1.807) is 25.1 Å². The summed E-state index contributed by atoms with van der Waals surface area (Å²) in [6.45, 7) is 2.01. The first-order chi connectivity index (χ1) is 8.60. The number of ether oxygens (including phenoxy) is 2. The van der Waals surface area contributed by atoms with Crippen LogP contribution in [0.2, 0.25) is 0 Å². The zero-order valence-corrected chi connectivity index (χ0v) is 10.6. The lowest BCUT2D eigenvalue weighted by atomic mass is 10.0. The molecular formula is C13H17NO4. The lowest BCUT2D eigenvalue weighted by Crippen LogP contribution is -2.12. The van der Waals surface area contributed by atoms with Gasteiger partial charge in [0.25, 0.3) is 0 Å². The molecule has 0 radical (unpaired) electrons. The predicted molar refractivity (Wildman–Crippen MR) is 67.1 cm³/mol. The maximum absolute atomic E-state index is 11.8. The summed E-state index contributed by atoms with van der Waals surface area (Å²) >= 11 is 0. The van der Waals surface area contributed by atoms with Crippen molar-refractivity contribution in [3.63, 3.8) is 0 Å². The summed E-state index contributed by atoms with van der Waals surface area (Å²) in [7, 11) is 1.33. The number of carbonyl (C=O) groups excluding carboxylic acids is 2. The van der Waals surface area contributed by atoms with Crippen LogP contribution in [0, 0.1) is 0 Å². The molecule has 2 N–H and O–H groups in total. The van der Waals surface area contributed by atoms with Crippen molar-refractivity contribution < 1.29 is 19.1 Å². The number of nitrogen functional groups attached to an aromatic ring is 1. The maximum atomic E-state index is 11.8. The van der Waals surface area contributed by atoms with Crippen molar-refractivity contribution in [1.29, 1.82) is 0 Å². The van der Waals surface area contributed by atoms with Crippen LogP contribution in [-0.4, -0.2) is 25.7 Å². The molecule has 0 aromatic heterocycles. The minimum absolute atomic E-state index is 0.201. The number of methoxy groups -OCH3 is 1. The van der Waals surface area contributed by atoms with Gasteiger partial charge in [0.05, 0.1) is 19.3 Å². The molecule has 0 fully saturated rings. The fraction of sp³-hybridized carbons (Fsp3) is 0.385. The molecule has 0 heterocycles. The first-order valence-electron chi connectivity index (χ1n) is 5.71. The average molecular weight is 251 g/mol. The lowest BCUT2D eigenvalue weighted by Gasteiger charge is -2.10. The zero-order chi connectivity index (χ0) is 13.5. The molecule has 98 valence electrons. The van der Waals surface area contributed by atoms with E-state index in [1.807, 2.05) is 0 Å². The summed E-state index contributed by atoms with van der Waals surface area (Å²) in [5, 5.41) is 0. The number of carbonyl (C=O) groups is 2. The summed E-state index contributed by atoms with van der Waals surface area (Å²) in [6.07, 6.45) is 0.595. The zero-order valence-electron chi connectivity index (χ0n) is 10.6. The molecule has 5 heteroatoms. The van der Waals surface area contributed by atoms with Gasteiger partial charge in [0, 0.05) is 12.1 Å². The number of nitrogens with two attached hydrogens (primary N) is 1. The quantitative estimate of drug-likeness (QED) is 0.634. The molecule has 0 aliphatic carbocycles. The average Bonchev–Trinajstić information content (AvgIpc) is 2.36. The van der Waals surface area contributed by atoms with Crippen LogP contribution in [0.4, 0.5) is 5.69 Å². The van der Waals surface area contributed by atoms with Crippen LogP contribution in [0.3, 0.4) is 0 Å². The molecule has 0 saturated carbocycles. The molecule has 1 aromatic rings. The van der Waals surface area contributed by atoms with Crippen LogP contribution in [0.15, 0.2) is 18.2 Å². The summed E-state index contributed by atoms with van der Waals surface area (Å²) in [5.74, 6) is -0.789. The third kappa shape index (κ3) is 3.48. The molecule has 0 amide bonds. The first-order valence-corrected chi connectivity index (χ1v) is 5.71. The van der Waals surface area contributed by atoms with Crippen LogP contribution >= 0.6 is 0 Å². The molecule has 1 rings (SSSR count). The molecule has 0 bridgehead atoms. The number of anilines is 1. The lowest BCUT2D eigenvalue weighted by molar-refractivity contribution is -0.140. The smallest absolute Gasteiger partial charge is 0.340 e. The van der Waals surface area contributed by atoms with Crippen molar-refractivity contribution >= 4 is 17.6 Å². The van der Waals surface area contributed by atoms with Gasteiger partial charge in [-0.1, -0.05) is 12.1 Å². The van der Waals surface area contributed by atoms with Gasteiger partial charge in [-0.05, 0) is 25.0 Å². The molecule has 0 saturated heterocycles. The molecule has 5 nitrogen and oxygen atoms in total. The molecule has 0 atom stereocenters. The Morgan fingerprint density at radius 2 is 2.06 bits per heavy atom. The second kappa shape index (κ2) is 6.64. The normalized spacial score (nSPS) is 9.89. The van der Waals surface area contributed by atoms with Crippen molar-refractivity contribution in [2.24, 2.45) is 0 Å². The second-order valence-electron chi connectivity index (χ2n) is 3.68. The van der Waals surface area contributed by atoms with Gasteiger partial charge in [-0.3, -0.25) is 4.79 Å². The van der Waals surface area contributed by atoms with Crippen LogP contribution in [-0.2, 0) is 20.7 Å². The molecule has 0 unspecified atom stereocenters. The largest absolute Gasteiger partial charge is 0.469 e. The topological polar surface area (TPSA) is 78.6 Å². The molecular weight excluding hydrogens is 234 g/mol.